The van der Waals surface area contributed by atoms with Gasteiger partial charge in [0, 0.05) is 35.8 Å². The SMILES string of the molecule is COc1cc(Cl)ccc1S(=O)(=O)N[C@H](c1n[nH]c(=O)o1)[C@H](C)c1c(F)ccc(-c2ccnn2C)c1C. The van der Waals surface area contributed by atoms with Crippen molar-refractivity contribution in [2.45, 2.75) is 30.7 Å². The Morgan fingerprint density at radius 2 is 2.00 bits per heavy atom. The average Bonchev–Trinajstić information content (AvgIpc) is 3.45. The quantitative estimate of drug-likeness (QED) is 0.351. The Morgan fingerprint density at radius 3 is 2.61 bits per heavy atom. The van der Waals surface area contributed by atoms with Crippen LogP contribution in [0.15, 0.2) is 56.7 Å². The third kappa shape index (κ3) is 4.79. The predicted molar refractivity (Wildman–Crippen MR) is 130 cm³/mol. The lowest BCUT2D eigenvalue weighted by atomic mass is 9.87. The molecule has 0 saturated carbocycles. The molecular formula is C23H23ClFN5O5S. The lowest BCUT2D eigenvalue weighted by Gasteiger charge is -2.25. The Balaban J connectivity index is 1.83. The van der Waals surface area contributed by atoms with E-state index in [0.717, 1.165) is 5.69 Å². The molecule has 0 fully saturated rings. The molecule has 0 amide bonds. The molecule has 36 heavy (non-hydrogen) atoms. The summed E-state index contributed by atoms with van der Waals surface area (Å²) in [6.07, 6.45) is 1.62. The minimum Gasteiger partial charge on any atom is -0.495 e. The summed E-state index contributed by atoms with van der Waals surface area (Å²) in [7, 11) is -1.22. The number of methoxy groups -OCH3 is 1. The lowest BCUT2D eigenvalue weighted by Crippen LogP contribution is -2.33. The van der Waals surface area contributed by atoms with E-state index in [9.17, 15) is 13.2 Å². The van der Waals surface area contributed by atoms with Crippen molar-refractivity contribution in [2.24, 2.45) is 7.05 Å². The Bertz CT molecular complexity index is 1580. The van der Waals surface area contributed by atoms with Crippen LogP contribution < -0.4 is 15.2 Å². The number of aromatic amines is 1. The van der Waals surface area contributed by atoms with Gasteiger partial charge in [-0.2, -0.15) is 9.82 Å². The minimum atomic E-state index is -4.28. The molecule has 0 unspecified atom stereocenters. The Kier molecular flexibility index (Phi) is 7.03. The number of nitrogens with one attached hydrogen (secondary N) is 2. The minimum absolute atomic E-state index is 0.00505. The summed E-state index contributed by atoms with van der Waals surface area (Å²) in [5.74, 6) is -2.56. The maximum atomic E-state index is 15.3. The van der Waals surface area contributed by atoms with E-state index in [1.807, 2.05) is 0 Å². The molecule has 2 heterocycles. The molecule has 0 aliphatic heterocycles. The number of nitrogens with zero attached hydrogens (tertiary/aromatic N) is 3. The molecule has 0 spiro atoms. The van der Waals surface area contributed by atoms with E-state index in [0.29, 0.717) is 11.1 Å². The molecular weight excluding hydrogens is 513 g/mol. The van der Waals surface area contributed by atoms with E-state index >= 15 is 4.39 Å². The van der Waals surface area contributed by atoms with Crippen LogP contribution in [0.3, 0.4) is 0 Å². The normalized spacial score (nSPS) is 13.5. The van der Waals surface area contributed by atoms with Crippen molar-refractivity contribution in [1.82, 2.24) is 24.7 Å². The molecule has 4 aromatic rings. The van der Waals surface area contributed by atoms with Crippen molar-refractivity contribution < 1.29 is 22.0 Å². The van der Waals surface area contributed by atoms with E-state index in [4.69, 9.17) is 20.8 Å². The van der Waals surface area contributed by atoms with Gasteiger partial charge in [0.25, 0.3) is 0 Å². The van der Waals surface area contributed by atoms with Crippen molar-refractivity contribution in [1.29, 1.82) is 0 Å². The van der Waals surface area contributed by atoms with E-state index in [2.05, 4.69) is 20.0 Å². The molecule has 10 nitrogen and oxygen atoms in total. The summed E-state index contributed by atoms with van der Waals surface area (Å²) in [4.78, 5) is 11.5. The molecule has 2 aromatic heterocycles. The fourth-order valence-electron chi connectivity index (χ4n) is 4.17. The molecule has 0 aliphatic carbocycles. The number of H-pyrrole nitrogens is 1. The smallest absolute Gasteiger partial charge is 0.434 e. The number of halogens is 2. The van der Waals surface area contributed by atoms with Crippen molar-refractivity contribution in [3.05, 3.63) is 81.0 Å². The van der Waals surface area contributed by atoms with Crippen LogP contribution in [0, 0.1) is 12.7 Å². The molecule has 0 aliphatic rings. The monoisotopic (exact) mass is 535 g/mol. The van der Waals surface area contributed by atoms with Crippen molar-refractivity contribution in [3.8, 4) is 17.0 Å². The maximum absolute atomic E-state index is 15.3. The first kappa shape index (κ1) is 25.6. The van der Waals surface area contributed by atoms with Crippen LogP contribution in [0.4, 0.5) is 4.39 Å². The summed E-state index contributed by atoms with van der Waals surface area (Å²) in [5, 5.41) is 10.4. The zero-order valence-electron chi connectivity index (χ0n) is 19.7. The maximum Gasteiger partial charge on any atom is 0.434 e. The number of hydrogen-bond donors (Lipinski definition) is 2. The third-order valence-corrected chi connectivity index (χ3v) is 7.65. The standard InChI is InChI=1S/C23H23ClFN5O5S/c1-12-15(17-9-10-26-30(17)3)6-7-16(25)20(12)13(2)21(22-27-28-23(31)35-22)29-36(32,33)19-8-5-14(24)11-18(19)34-4/h5-11,13,21,29H,1-4H3,(H,28,31)/t13-,21+/m1/s1. The molecule has 2 atom stereocenters. The summed E-state index contributed by atoms with van der Waals surface area (Å²) >= 11 is 5.98. The van der Waals surface area contributed by atoms with Crippen molar-refractivity contribution in [2.75, 3.05) is 7.11 Å². The lowest BCUT2D eigenvalue weighted by molar-refractivity contribution is 0.374. The van der Waals surface area contributed by atoms with Crippen LogP contribution in [0.2, 0.25) is 5.02 Å². The molecule has 0 saturated heterocycles. The van der Waals surface area contributed by atoms with Crippen molar-refractivity contribution >= 4 is 21.6 Å². The summed E-state index contributed by atoms with van der Waals surface area (Å²) in [5.41, 5.74) is 2.24. The van der Waals surface area contributed by atoms with Crippen LogP contribution in [-0.4, -0.2) is 35.5 Å². The molecule has 13 heteroatoms. The van der Waals surface area contributed by atoms with Gasteiger partial charge < -0.3 is 9.15 Å². The highest BCUT2D eigenvalue weighted by Gasteiger charge is 2.34. The average molecular weight is 536 g/mol. The number of rotatable bonds is 8. The van der Waals surface area contributed by atoms with Crippen LogP contribution >= 0.6 is 11.6 Å². The Hall–Kier alpha value is -3.48. The van der Waals surface area contributed by atoms with Crippen LogP contribution in [-0.2, 0) is 17.1 Å². The van der Waals surface area contributed by atoms with Gasteiger partial charge in [-0.15, -0.1) is 5.10 Å². The highest BCUT2D eigenvalue weighted by molar-refractivity contribution is 7.89. The van der Waals surface area contributed by atoms with E-state index in [-0.39, 0.29) is 27.1 Å². The number of aromatic nitrogens is 4. The van der Waals surface area contributed by atoms with Crippen LogP contribution in [0.25, 0.3) is 11.3 Å². The first-order valence-electron chi connectivity index (χ1n) is 10.7. The summed E-state index contributed by atoms with van der Waals surface area (Å²) < 4.78 is 56.6. The van der Waals surface area contributed by atoms with Gasteiger partial charge in [-0.05, 0) is 48.4 Å². The second-order valence-electron chi connectivity index (χ2n) is 8.11. The molecule has 190 valence electrons. The first-order valence-corrected chi connectivity index (χ1v) is 12.6. The van der Waals surface area contributed by atoms with Gasteiger partial charge in [-0.3, -0.25) is 4.68 Å². The topological polar surface area (TPSA) is 132 Å². The number of benzene rings is 2. The van der Waals surface area contributed by atoms with Gasteiger partial charge in [0.15, 0.2) is 0 Å². The highest BCUT2D eigenvalue weighted by atomic mass is 35.5. The molecule has 0 bridgehead atoms. The number of hydrogen-bond acceptors (Lipinski definition) is 7. The fourth-order valence-corrected chi connectivity index (χ4v) is 5.75. The van der Waals surface area contributed by atoms with E-state index in [1.165, 1.54) is 31.4 Å². The van der Waals surface area contributed by atoms with Gasteiger partial charge >= 0.3 is 5.76 Å². The van der Waals surface area contributed by atoms with E-state index < -0.39 is 33.6 Å². The Labute approximate surface area is 211 Å². The van der Waals surface area contributed by atoms with Gasteiger partial charge in [0.2, 0.25) is 15.9 Å². The number of sulfonamides is 1. The summed E-state index contributed by atoms with van der Waals surface area (Å²) in [6.45, 7) is 3.34. The zero-order chi connectivity index (χ0) is 26.2. The second-order valence-corrected chi connectivity index (χ2v) is 10.2. The molecule has 0 radical (unpaired) electrons. The number of aryl methyl sites for hydroxylation is 1. The third-order valence-electron chi connectivity index (χ3n) is 5.93. The van der Waals surface area contributed by atoms with Gasteiger partial charge in [-0.25, -0.2) is 22.7 Å². The van der Waals surface area contributed by atoms with E-state index in [1.54, 1.807) is 43.9 Å². The van der Waals surface area contributed by atoms with Gasteiger partial charge in [0.1, 0.15) is 22.5 Å². The zero-order valence-corrected chi connectivity index (χ0v) is 21.3. The second kappa shape index (κ2) is 9.88. The predicted octanol–water partition coefficient (Wildman–Crippen LogP) is 3.70. The first-order chi connectivity index (χ1) is 17.0. The Morgan fingerprint density at radius 1 is 1.25 bits per heavy atom. The van der Waals surface area contributed by atoms with Gasteiger partial charge in [0.05, 0.1) is 12.8 Å². The van der Waals surface area contributed by atoms with Crippen LogP contribution in [0.5, 0.6) is 5.75 Å². The van der Waals surface area contributed by atoms with Gasteiger partial charge in [-0.1, -0.05) is 18.5 Å². The molecule has 2 N–H and O–H groups in total. The number of ether oxygens (including phenoxy) is 1. The van der Waals surface area contributed by atoms with Crippen LogP contribution in [0.1, 0.15) is 35.9 Å². The molecule has 2 aromatic carbocycles. The highest BCUT2D eigenvalue weighted by Crippen LogP contribution is 2.38. The summed E-state index contributed by atoms with van der Waals surface area (Å²) in [6, 6.07) is 7.48. The van der Waals surface area contributed by atoms with Crippen molar-refractivity contribution in [3.63, 3.8) is 0 Å². The molecule has 4 rings (SSSR count). The largest absolute Gasteiger partial charge is 0.495 e. The fraction of sp³-hybridized carbons (Fsp3) is 0.261.